The molecule has 1 heterocycles. The van der Waals surface area contributed by atoms with Gasteiger partial charge in [0.05, 0.1) is 18.2 Å². The van der Waals surface area contributed by atoms with Crippen LogP contribution in [0.15, 0.2) is 16.5 Å². The van der Waals surface area contributed by atoms with Crippen molar-refractivity contribution < 1.29 is 14.4 Å². The highest BCUT2D eigenvalue weighted by Crippen LogP contribution is 2.15. The van der Waals surface area contributed by atoms with Gasteiger partial charge >= 0.3 is 5.88 Å². The number of hydrogen-bond acceptors (Lipinski definition) is 5. The Morgan fingerprint density at radius 2 is 2.31 bits per heavy atom. The molecule has 0 saturated heterocycles. The highest BCUT2D eigenvalue weighted by molar-refractivity contribution is 5.17. The first-order valence-corrected chi connectivity index (χ1v) is 5.11. The molecule has 1 aromatic rings. The van der Waals surface area contributed by atoms with Crippen LogP contribution in [0.5, 0.6) is 0 Å². The second kappa shape index (κ2) is 5.09. The summed E-state index contributed by atoms with van der Waals surface area (Å²) in [7, 11) is 0. The van der Waals surface area contributed by atoms with E-state index < -0.39 is 10.5 Å². The van der Waals surface area contributed by atoms with Crippen molar-refractivity contribution in [1.29, 1.82) is 0 Å². The Morgan fingerprint density at radius 3 is 2.81 bits per heavy atom. The van der Waals surface area contributed by atoms with Crippen LogP contribution in [0.2, 0.25) is 0 Å². The molecule has 0 saturated carbocycles. The van der Waals surface area contributed by atoms with E-state index in [2.05, 4.69) is 5.32 Å². The van der Waals surface area contributed by atoms with Crippen LogP contribution >= 0.6 is 0 Å². The van der Waals surface area contributed by atoms with Gasteiger partial charge in [0, 0.05) is 6.54 Å². The van der Waals surface area contributed by atoms with Crippen LogP contribution in [0, 0.1) is 10.1 Å². The third kappa shape index (κ3) is 3.63. The molecule has 16 heavy (non-hydrogen) atoms. The maximum Gasteiger partial charge on any atom is 0.433 e. The first kappa shape index (κ1) is 12.7. The van der Waals surface area contributed by atoms with E-state index in [1.165, 1.54) is 6.07 Å². The molecule has 0 amide bonds. The van der Waals surface area contributed by atoms with Crippen molar-refractivity contribution in [3.05, 3.63) is 28.0 Å². The second-order valence-electron chi connectivity index (χ2n) is 3.95. The summed E-state index contributed by atoms with van der Waals surface area (Å²) in [6, 6.07) is 2.86. The fourth-order valence-corrected chi connectivity index (χ4v) is 1.14. The number of nitrogens with zero attached hydrogens (tertiary/aromatic N) is 1. The van der Waals surface area contributed by atoms with E-state index in [1.54, 1.807) is 13.0 Å². The zero-order chi connectivity index (χ0) is 12.2. The molecular weight excluding hydrogens is 212 g/mol. The van der Waals surface area contributed by atoms with Gasteiger partial charge in [0.25, 0.3) is 0 Å². The molecule has 0 spiro atoms. The van der Waals surface area contributed by atoms with Gasteiger partial charge in [0.1, 0.15) is 10.7 Å². The Morgan fingerprint density at radius 1 is 1.62 bits per heavy atom. The van der Waals surface area contributed by atoms with Gasteiger partial charge in [-0.15, -0.1) is 0 Å². The molecule has 0 bridgehead atoms. The molecule has 90 valence electrons. The third-order valence-electron chi connectivity index (χ3n) is 2.39. The molecule has 2 N–H and O–H groups in total. The van der Waals surface area contributed by atoms with E-state index in [0.29, 0.717) is 25.3 Å². The minimum absolute atomic E-state index is 0.265. The van der Waals surface area contributed by atoms with Crippen LogP contribution in [0.1, 0.15) is 26.0 Å². The van der Waals surface area contributed by atoms with Crippen LogP contribution in [0.25, 0.3) is 0 Å². The Hall–Kier alpha value is -1.40. The van der Waals surface area contributed by atoms with Crippen LogP contribution < -0.4 is 5.32 Å². The Kier molecular flexibility index (Phi) is 4.03. The number of hydrogen-bond donors (Lipinski definition) is 2. The van der Waals surface area contributed by atoms with Gasteiger partial charge in [-0.05, 0) is 19.4 Å². The predicted octanol–water partition coefficient (Wildman–Crippen LogP) is 1.44. The first-order chi connectivity index (χ1) is 7.44. The van der Waals surface area contributed by atoms with E-state index in [4.69, 9.17) is 4.42 Å². The molecular formula is C10H16N2O4. The average molecular weight is 228 g/mol. The third-order valence-corrected chi connectivity index (χ3v) is 2.39. The fourth-order valence-electron chi connectivity index (χ4n) is 1.14. The SMILES string of the molecule is CCC(C)(O)CNCc1ccc([N+](=O)[O-])o1. The molecule has 1 rings (SSSR count). The van der Waals surface area contributed by atoms with Gasteiger partial charge in [0.15, 0.2) is 0 Å². The minimum atomic E-state index is -0.765. The van der Waals surface area contributed by atoms with Crippen molar-refractivity contribution in [3.8, 4) is 0 Å². The first-order valence-electron chi connectivity index (χ1n) is 5.11. The Labute approximate surface area is 93.4 Å². The summed E-state index contributed by atoms with van der Waals surface area (Å²) in [4.78, 5) is 9.77. The molecule has 6 nitrogen and oxygen atoms in total. The highest BCUT2D eigenvalue weighted by Gasteiger charge is 2.17. The number of aliphatic hydroxyl groups is 1. The van der Waals surface area contributed by atoms with E-state index in [-0.39, 0.29) is 5.88 Å². The summed E-state index contributed by atoms with van der Waals surface area (Å²) in [5.41, 5.74) is -0.765. The lowest BCUT2D eigenvalue weighted by Gasteiger charge is -2.21. The van der Waals surface area contributed by atoms with Gasteiger partial charge in [-0.1, -0.05) is 6.92 Å². The summed E-state index contributed by atoms with van der Waals surface area (Å²) >= 11 is 0. The average Bonchev–Trinajstić information content (AvgIpc) is 2.66. The molecule has 0 aliphatic heterocycles. The summed E-state index contributed by atoms with van der Waals surface area (Å²) in [6.07, 6.45) is 0.637. The lowest BCUT2D eigenvalue weighted by Crippen LogP contribution is -2.36. The van der Waals surface area contributed by atoms with E-state index >= 15 is 0 Å². The Balaban J connectivity index is 2.40. The summed E-state index contributed by atoms with van der Waals surface area (Å²) < 4.78 is 4.95. The summed E-state index contributed by atoms with van der Waals surface area (Å²) in [5.74, 6) is 0.220. The lowest BCUT2D eigenvalue weighted by molar-refractivity contribution is -0.402. The van der Waals surface area contributed by atoms with Crippen LogP contribution in [0.3, 0.4) is 0 Å². The maximum atomic E-state index is 10.3. The van der Waals surface area contributed by atoms with E-state index in [1.807, 2.05) is 6.92 Å². The summed E-state index contributed by atoms with van der Waals surface area (Å²) in [6.45, 7) is 4.39. The van der Waals surface area contributed by atoms with Gasteiger partial charge in [-0.25, -0.2) is 0 Å². The van der Waals surface area contributed by atoms with Crippen molar-refractivity contribution in [2.45, 2.75) is 32.4 Å². The Bertz CT molecular complexity index is 359. The normalized spacial score (nSPS) is 14.7. The second-order valence-corrected chi connectivity index (χ2v) is 3.95. The number of nitro groups is 1. The van der Waals surface area contributed by atoms with Crippen molar-refractivity contribution in [1.82, 2.24) is 5.32 Å². The highest BCUT2D eigenvalue weighted by atomic mass is 16.6. The van der Waals surface area contributed by atoms with Crippen molar-refractivity contribution in [3.63, 3.8) is 0 Å². The van der Waals surface area contributed by atoms with Crippen molar-refractivity contribution in [2.75, 3.05) is 6.54 Å². The largest absolute Gasteiger partial charge is 0.433 e. The lowest BCUT2D eigenvalue weighted by atomic mass is 10.0. The molecule has 0 radical (unpaired) electrons. The molecule has 0 aromatic carbocycles. The van der Waals surface area contributed by atoms with Gasteiger partial charge in [-0.2, -0.15) is 0 Å². The quantitative estimate of drug-likeness (QED) is 0.568. The number of rotatable bonds is 6. The molecule has 1 atom stereocenters. The van der Waals surface area contributed by atoms with Gasteiger partial charge < -0.3 is 14.8 Å². The maximum absolute atomic E-state index is 10.3. The van der Waals surface area contributed by atoms with E-state index in [0.717, 1.165) is 0 Å². The van der Waals surface area contributed by atoms with Gasteiger partial charge in [-0.3, -0.25) is 10.1 Å². The van der Waals surface area contributed by atoms with E-state index in [9.17, 15) is 15.2 Å². The summed E-state index contributed by atoms with van der Waals surface area (Å²) in [5, 5.41) is 23.0. The zero-order valence-corrected chi connectivity index (χ0v) is 9.40. The molecule has 1 unspecified atom stereocenters. The van der Waals surface area contributed by atoms with Gasteiger partial charge in [0.2, 0.25) is 0 Å². The number of nitrogens with one attached hydrogen (secondary N) is 1. The predicted molar refractivity (Wildman–Crippen MR) is 58.0 cm³/mol. The van der Waals surface area contributed by atoms with Crippen molar-refractivity contribution in [2.24, 2.45) is 0 Å². The molecule has 0 aliphatic carbocycles. The minimum Gasteiger partial charge on any atom is -0.404 e. The fraction of sp³-hybridized carbons (Fsp3) is 0.600. The monoisotopic (exact) mass is 228 g/mol. The molecule has 6 heteroatoms. The zero-order valence-electron chi connectivity index (χ0n) is 9.40. The standard InChI is InChI=1S/C10H16N2O4/c1-3-10(2,13)7-11-6-8-4-5-9(16-8)12(14)15/h4-5,11,13H,3,6-7H2,1-2H3. The molecule has 1 aromatic heterocycles. The van der Waals surface area contributed by atoms with Crippen molar-refractivity contribution >= 4 is 5.88 Å². The van der Waals surface area contributed by atoms with Crippen LogP contribution in [-0.2, 0) is 6.54 Å². The molecule has 0 aliphatic rings. The number of furan rings is 1. The topological polar surface area (TPSA) is 88.5 Å². The molecule has 0 fully saturated rings. The van der Waals surface area contributed by atoms with Crippen LogP contribution in [0.4, 0.5) is 5.88 Å². The smallest absolute Gasteiger partial charge is 0.404 e. The van der Waals surface area contributed by atoms with Crippen LogP contribution in [-0.4, -0.2) is 22.2 Å².